The molecule has 0 aliphatic carbocycles. The van der Waals surface area contributed by atoms with Crippen LogP contribution in [0.1, 0.15) is 43.4 Å². The minimum atomic E-state index is -3.64. The monoisotopic (exact) mass is 372 g/mol. The number of sulfonamides is 1. The zero-order valence-corrected chi connectivity index (χ0v) is 15.9. The molecule has 138 valence electrons. The highest BCUT2D eigenvalue weighted by Crippen LogP contribution is 2.25. The summed E-state index contributed by atoms with van der Waals surface area (Å²) in [6.07, 6.45) is 2.05. The van der Waals surface area contributed by atoms with E-state index in [1.165, 1.54) is 0 Å². The molecule has 6 heteroatoms. The Morgan fingerprint density at radius 1 is 1.08 bits per heavy atom. The number of carbonyl (C=O) groups excluding carboxylic acids is 1. The van der Waals surface area contributed by atoms with E-state index in [0.29, 0.717) is 19.4 Å². The largest absolute Gasteiger partial charge is 0.312 e. The van der Waals surface area contributed by atoms with Crippen LogP contribution < -0.4 is 9.62 Å². The maximum atomic E-state index is 12.7. The van der Waals surface area contributed by atoms with Gasteiger partial charge in [-0.2, -0.15) is 0 Å². The number of hydrogen-bond acceptors (Lipinski definition) is 3. The first kappa shape index (κ1) is 18.6. The number of amides is 1. The van der Waals surface area contributed by atoms with Crippen LogP contribution in [0.5, 0.6) is 0 Å². The highest BCUT2D eigenvalue weighted by molar-refractivity contribution is 7.89. The van der Waals surface area contributed by atoms with Crippen LogP contribution in [-0.4, -0.2) is 20.9 Å². The molecule has 1 amide bonds. The average molecular weight is 372 g/mol. The Morgan fingerprint density at radius 2 is 1.73 bits per heavy atom. The van der Waals surface area contributed by atoms with Crippen LogP contribution in [0.25, 0.3) is 0 Å². The first-order chi connectivity index (χ1) is 12.4. The minimum Gasteiger partial charge on any atom is -0.312 e. The van der Waals surface area contributed by atoms with Crippen molar-refractivity contribution >= 4 is 21.6 Å². The van der Waals surface area contributed by atoms with Gasteiger partial charge in [-0.1, -0.05) is 36.8 Å². The van der Waals surface area contributed by atoms with E-state index in [0.717, 1.165) is 23.2 Å². The molecule has 2 aromatic rings. The summed E-state index contributed by atoms with van der Waals surface area (Å²) in [5, 5.41) is 0. The molecule has 1 aliphatic rings. The molecule has 0 spiro atoms. The fraction of sp³-hybridized carbons (Fsp3) is 0.350. The predicted molar refractivity (Wildman–Crippen MR) is 103 cm³/mol. The maximum Gasteiger partial charge on any atom is 0.241 e. The third kappa shape index (κ3) is 3.97. The Kier molecular flexibility index (Phi) is 5.44. The number of benzene rings is 2. The van der Waals surface area contributed by atoms with Gasteiger partial charge in [0.05, 0.1) is 4.90 Å². The van der Waals surface area contributed by atoms with Crippen LogP contribution >= 0.6 is 0 Å². The second-order valence-electron chi connectivity index (χ2n) is 6.64. The summed E-state index contributed by atoms with van der Waals surface area (Å²) in [5.41, 5.74) is 2.83. The number of carbonyl (C=O) groups is 1. The van der Waals surface area contributed by atoms with Crippen molar-refractivity contribution in [1.29, 1.82) is 0 Å². The van der Waals surface area contributed by atoms with Gasteiger partial charge in [-0.05, 0) is 49.6 Å². The molecule has 0 aromatic heterocycles. The van der Waals surface area contributed by atoms with Gasteiger partial charge >= 0.3 is 0 Å². The highest BCUT2D eigenvalue weighted by atomic mass is 32.2. The lowest BCUT2D eigenvalue weighted by Crippen LogP contribution is -2.28. The van der Waals surface area contributed by atoms with Crippen molar-refractivity contribution < 1.29 is 13.2 Å². The molecule has 2 aromatic carbocycles. The summed E-state index contributed by atoms with van der Waals surface area (Å²) in [7, 11) is -3.64. The highest BCUT2D eigenvalue weighted by Gasteiger charge is 2.23. The quantitative estimate of drug-likeness (QED) is 0.843. The van der Waals surface area contributed by atoms with E-state index >= 15 is 0 Å². The van der Waals surface area contributed by atoms with E-state index in [1.54, 1.807) is 29.2 Å². The summed E-state index contributed by atoms with van der Waals surface area (Å²) >= 11 is 0. The van der Waals surface area contributed by atoms with Gasteiger partial charge in [-0.25, -0.2) is 13.1 Å². The van der Waals surface area contributed by atoms with E-state index in [1.807, 2.05) is 38.1 Å². The van der Waals surface area contributed by atoms with Crippen molar-refractivity contribution in [3.63, 3.8) is 0 Å². The van der Waals surface area contributed by atoms with Crippen molar-refractivity contribution in [2.45, 2.75) is 44.0 Å². The Hall–Kier alpha value is -2.18. The number of anilines is 1. The van der Waals surface area contributed by atoms with E-state index in [2.05, 4.69) is 4.72 Å². The van der Waals surface area contributed by atoms with Crippen LogP contribution in [0.2, 0.25) is 0 Å². The molecule has 0 saturated carbocycles. The molecule has 1 saturated heterocycles. The second kappa shape index (κ2) is 7.60. The van der Waals surface area contributed by atoms with Crippen LogP contribution in [0, 0.1) is 6.92 Å². The smallest absolute Gasteiger partial charge is 0.241 e. The van der Waals surface area contributed by atoms with Crippen molar-refractivity contribution in [2.24, 2.45) is 0 Å². The van der Waals surface area contributed by atoms with Gasteiger partial charge in [-0.15, -0.1) is 0 Å². The van der Waals surface area contributed by atoms with Crippen LogP contribution in [0.3, 0.4) is 0 Å². The molecule has 1 aliphatic heterocycles. The van der Waals surface area contributed by atoms with Crippen LogP contribution in [-0.2, 0) is 14.8 Å². The third-order valence-corrected chi connectivity index (χ3v) is 6.21. The fourth-order valence-electron chi connectivity index (χ4n) is 3.17. The van der Waals surface area contributed by atoms with Gasteiger partial charge in [0, 0.05) is 24.7 Å². The van der Waals surface area contributed by atoms with Crippen LogP contribution in [0.4, 0.5) is 5.69 Å². The van der Waals surface area contributed by atoms with Gasteiger partial charge in [0.2, 0.25) is 15.9 Å². The molecule has 1 N–H and O–H groups in total. The standard InChI is InChI=1S/C20H24N2O3S/c1-3-19(16-8-6-15(2)7-9-16)21-26(24,25)18-12-10-17(11-13-18)22-14-4-5-20(22)23/h6-13,19,21H,3-5,14H2,1-2H3. The summed E-state index contributed by atoms with van der Waals surface area (Å²) < 4.78 is 28.3. The van der Waals surface area contributed by atoms with Gasteiger partial charge in [0.15, 0.2) is 0 Å². The molecular formula is C20H24N2O3S. The van der Waals surface area contributed by atoms with E-state index in [9.17, 15) is 13.2 Å². The zero-order chi connectivity index (χ0) is 18.7. The molecule has 3 rings (SSSR count). The van der Waals surface area contributed by atoms with Crippen molar-refractivity contribution in [2.75, 3.05) is 11.4 Å². The Morgan fingerprint density at radius 3 is 2.27 bits per heavy atom. The normalized spacial score (nSPS) is 16.1. The fourth-order valence-corrected chi connectivity index (χ4v) is 4.48. The van der Waals surface area contributed by atoms with Gasteiger partial charge in [-0.3, -0.25) is 4.79 Å². The zero-order valence-electron chi connectivity index (χ0n) is 15.1. The predicted octanol–water partition coefficient (Wildman–Crippen LogP) is 3.55. The second-order valence-corrected chi connectivity index (χ2v) is 8.35. The Balaban J connectivity index is 1.78. The number of nitrogens with zero attached hydrogens (tertiary/aromatic N) is 1. The lowest BCUT2D eigenvalue weighted by molar-refractivity contribution is -0.117. The van der Waals surface area contributed by atoms with Gasteiger partial charge in [0.1, 0.15) is 0 Å². The van der Waals surface area contributed by atoms with Crippen molar-refractivity contribution in [3.8, 4) is 0 Å². The third-order valence-electron chi connectivity index (χ3n) is 4.72. The maximum absolute atomic E-state index is 12.7. The summed E-state index contributed by atoms with van der Waals surface area (Å²) in [4.78, 5) is 13.7. The van der Waals surface area contributed by atoms with E-state index < -0.39 is 10.0 Å². The number of hydrogen-bond donors (Lipinski definition) is 1. The number of rotatable bonds is 6. The number of aryl methyl sites for hydroxylation is 1. The molecule has 1 fully saturated rings. The van der Waals surface area contributed by atoms with Crippen molar-refractivity contribution in [1.82, 2.24) is 4.72 Å². The lowest BCUT2D eigenvalue weighted by Gasteiger charge is -2.19. The Bertz CT molecular complexity index is 874. The van der Waals surface area contributed by atoms with E-state index in [4.69, 9.17) is 0 Å². The van der Waals surface area contributed by atoms with Gasteiger partial charge < -0.3 is 4.90 Å². The van der Waals surface area contributed by atoms with Gasteiger partial charge in [0.25, 0.3) is 0 Å². The Labute approximate surface area is 155 Å². The van der Waals surface area contributed by atoms with Crippen molar-refractivity contribution in [3.05, 3.63) is 59.7 Å². The molecule has 26 heavy (non-hydrogen) atoms. The topological polar surface area (TPSA) is 66.5 Å². The molecule has 5 nitrogen and oxygen atoms in total. The van der Waals surface area contributed by atoms with E-state index in [-0.39, 0.29) is 16.8 Å². The summed E-state index contributed by atoms with van der Waals surface area (Å²) in [6.45, 7) is 4.64. The summed E-state index contributed by atoms with van der Waals surface area (Å²) in [5.74, 6) is 0.0872. The average Bonchev–Trinajstić information content (AvgIpc) is 3.06. The molecule has 1 atom stereocenters. The molecular weight excluding hydrogens is 348 g/mol. The first-order valence-electron chi connectivity index (χ1n) is 8.90. The molecule has 1 unspecified atom stereocenters. The molecule has 0 radical (unpaired) electrons. The molecule has 1 heterocycles. The van der Waals surface area contributed by atoms with Crippen LogP contribution in [0.15, 0.2) is 53.4 Å². The number of nitrogens with one attached hydrogen (secondary N) is 1. The minimum absolute atomic E-state index is 0.0872. The lowest BCUT2D eigenvalue weighted by atomic mass is 10.0. The SMILES string of the molecule is CCC(NS(=O)(=O)c1ccc(N2CCCC2=O)cc1)c1ccc(C)cc1. The summed E-state index contributed by atoms with van der Waals surface area (Å²) in [6, 6.07) is 14.1. The molecule has 0 bridgehead atoms. The first-order valence-corrected chi connectivity index (χ1v) is 10.4.